The third kappa shape index (κ3) is 4.87. The molecule has 0 bridgehead atoms. The lowest BCUT2D eigenvalue weighted by atomic mass is 9.99. The molecule has 6 heteroatoms. The SMILES string of the molecule is CCC(C)N/C(=C\[N+](=O)[O-])C(C)c1ccc(Cl)nc1. The molecule has 5 nitrogen and oxygen atoms in total. The van der Waals surface area contributed by atoms with E-state index in [1.807, 2.05) is 26.8 Å². The van der Waals surface area contributed by atoms with Gasteiger partial charge in [-0.25, -0.2) is 4.98 Å². The molecule has 1 rings (SSSR count). The highest BCUT2D eigenvalue weighted by Crippen LogP contribution is 2.23. The Balaban J connectivity index is 2.97. The summed E-state index contributed by atoms with van der Waals surface area (Å²) in [4.78, 5) is 14.3. The van der Waals surface area contributed by atoms with Crippen LogP contribution in [0.4, 0.5) is 0 Å². The smallest absolute Gasteiger partial charge is 0.253 e. The van der Waals surface area contributed by atoms with Crippen molar-refractivity contribution in [2.75, 3.05) is 0 Å². The van der Waals surface area contributed by atoms with E-state index in [0.717, 1.165) is 18.2 Å². The van der Waals surface area contributed by atoms with E-state index in [1.165, 1.54) is 0 Å². The first-order valence-corrected chi connectivity index (χ1v) is 6.55. The molecule has 0 aliphatic heterocycles. The minimum Gasteiger partial charge on any atom is -0.380 e. The summed E-state index contributed by atoms with van der Waals surface area (Å²) in [5.41, 5.74) is 1.46. The van der Waals surface area contributed by atoms with E-state index in [9.17, 15) is 10.1 Å². The highest BCUT2D eigenvalue weighted by molar-refractivity contribution is 6.29. The fraction of sp³-hybridized carbons (Fsp3) is 0.462. The highest BCUT2D eigenvalue weighted by Gasteiger charge is 2.17. The van der Waals surface area contributed by atoms with Gasteiger partial charge in [0.05, 0.1) is 10.6 Å². The molecule has 0 amide bonds. The van der Waals surface area contributed by atoms with Crippen molar-refractivity contribution in [3.63, 3.8) is 0 Å². The molecule has 1 heterocycles. The molecule has 2 atom stereocenters. The molecule has 0 saturated heterocycles. The molecule has 0 spiro atoms. The van der Waals surface area contributed by atoms with Crippen molar-refractivity contribution >= 4 is 11.6 Å². The van der Waals surface area contributed by atoms with Crippen LogP contribution in [0.2, 0.25) is 5.15 Å². The predicted octanol–water partition coefficient (Wildman–Crippen LogP) is 3.34. The molecule has 19 heavy (non-hydrogen) atoms. The average molecular weight is 284 g/mol. The van der Waals surface area contributed by atoms with Crippen LogP contribution >= 0.6 is 11.6 Å². The molecular formula is C13H18ClN3O2. The maximum atomic E-state index is 10.7. The predicted molar refractivity (Wildman–Crippen MR) is 75.6 cm³/mol. The van der Waals surface area contributed by atoms with Crippen LogP contribution in [-0.2, 0) is 0 Å². The van der Waals surface area contributed by atoms with Gasteiger partial charge in [-0.15, -0.1) is 0 Å². The molecule has 0 saturated carbocycles. The summed E-state index contributed by atoms with van der Waals surface area (Å²) in [6.07, 6.45) is 3.55. The number of nitrogens with zero attached hydrogens (tertiary/aromatic N) is 2. The van der Waals surface area contributed by atoms with Crippen molar-refractivity contribution in [1.82, 2.24) is 10.3 Å². The number of nitrogens with one attached hydrogen (secondary N) is 1. The number of hydrogen-bond acceptors (Lipinski definition) is 4. The van der Waals surface area contributed by atoms with Gasteiger partial charge < -0.3 is 5.32 Å². The fourth-order valence-electron chi connectivity index (χ4n) is 1.60. The Morgan fingerprint density at radius 3 is 2.74 bits per heavy atom. The molecule has 0 aromatic carbocycles. The second-order valence-corrected chi connectivity index (χ2v) is 4.85. The van der Waals surface area contributed by atoms with Gasteiger partial charge in [-0.2, -0.15) is 0 Å². The molecule has 1 aromatic rings. The lowest BCUT2D eigenvalue weighted by molar-refractivity contribution is -0.404. The second-order valence-electron chi connectivity index (χ2n) is 4.46. The summed E-state index contributed by atoms with van der Waals surface area (Å²) >= 11 is 5.74. The Bertz CT molecular complexity index is 459. The van der Waals surface area contributed by atoms with Gasteiger partial charge in [0.15, 0.2) is 0 Å². The summed E-state index contributed by atoms with van der Waals surface area (Å²) in [6, 6.07) is 3.68. The van der Waals surface area contributed by atoms with Crippen molar-refractivity contribution in [2.45, 2.75) is 39.2 Å². The normalized spacial score (nSPS) is 14.8. The van der Waals surface area contributed by atoms with Gasteiger partial charge in [0.1, 0.15) is 5.15 Å². The van der Waals surface area contributed by atoms with E-state index in [4.69, 9.17) is 11.6 Å². The monoisotopic (exact) mass is 283 g/mol. The zero-order valence-corrected chi connectivity index (χ0v) is 12.0. The van der Waals surface area contributed by atoms with Crippen molar-refractivity contribution in [1.29, 1.82) is 0 Å². The number of rotatable bonds is 6. The lowest BCUT2D eigenvalue weighted by Crippen LogP contribution is -2.28. The third-order valence-corrected chi connectivity index (χ3v) is 3.21. The van der Waals surface area contributed by atoms with Gasteiger partial charge in [0.2, 0.25) is 0 Å². The average Bonchev–Trinajstić information content (AvgIpc) is 2.37. The maximum Gasteiger partial charge on any atom is 0.253 e. The standard InChI is InChI=1S/C13H18ClN3O2/c1-4-9(2)16-12(8-17(18)19)10(3)11-5-6-13(14)15-7-11/h5-10,16H,4H2,1-3H3/b12-8-. The molecule has 1 N–H and O–H groups in total. The molecule has 0 radical (unpaired) electrons. The van der Waals surface area contributed by atoms with E-state index in [2.05, 4.69) is 10.3 Å². The molecular weight excluding hydrogens is 266 g/mol. The first-order valence-electron chi connectivity index (χ1n) is 6.17. The van der Waals surface area contributed by atoms with Crippen LogP contribution in [-0.4, -0.2) is 15.9 Å². The summed E-state index contributed by atoms with van der Waals surface area (Å²) < 4.78 is 0. The topological polar surface area (TPSA) is 68.1 Å². The largest absolute Gasteiger partial charge is 0.380 e. The second kappa shape index (κ2) is 7.09. The van der Waals surface area contributed by atoms with E-state index in [0.29, 0.717) is 10.9 Å². The van der Waals surface area contributed by atoms with Crippen LogP contribution in [0.1, 0.15) is 38.7 Å². The van der Waals surface area contributed by atoms with Crippen molar-refractivity contribution < 1.29 is 4.92 Å². The molecule has 0 fully saturated rings. The molecule has 0 aliphatic carbocycles. The number of allylic oxidation sites excluding steroid dienone is 1. The number of aromatic nitrogens is 1. The Hall–Kier alpha value is -1.62. The van der Waals surface area contributed by atoms with Crippen LogP contribution < -0.4 is 5.32 Å². The highest BCUT2D eigenvalue weighted by atomic mass is 35.5. The van der Waals surface area contributed by atoms with E-state index in [-0.39, 0.29) is 12.0 Å². The van der Waals surface area contributed by atoms with Crippen LogP contribution in [0.3, 0.4) is 0 Å². The van der Waals surface area contributed by atoms with Gasteiger partial charge in [0.25, 0.3) is 6.20 Å². The van der Waals surface area contributed by atoms with E-state index >= 15 is 0 Å². The van der Waals surface area contributed by atoms with Crippen molar-refractivity contribution in [3.05, 3.63) is 51.1 Å². The molecule has 1 aromatic heterocycles. The van der Waals surface area contributed by atoms with Gasteiger partial charge >= 0.3 is 0 Å². The van der Waals surface area contributed by atoms with Crippen LogP contribution in [0.15, 0.2) is 30.2 Å². The summed E-state index contributed by atoms with van der Waals surface area (Å²) in [5.74, 6) is -0.135. The summed E-state index contributed by atoms with van der Waals surface area (Å²) in [7, 11) is 0. The molecule has 2 unspecified atom stereocenters. The first-order chi connectivity index (χ1) is 8.93. The van der Waals surface area contributed by atoms with E-state index < -0.39 is 4.92 Å². The van der Waals surface area contributed by atoms with Crippen molar-refractivity contribution in [3.8, 4) is 0 Å². The lowest BCUT2D eigenvalue weighted by Gasteiger charge is -2.20. The first kappa shape index (κ1) is 15.4. The molecule has 104 valence electrons. The maximum absolute atomic E-state index is 10.7. The summed E-state index contributed by atoms with van der Waals surface area (Å²) in [5, 5.41) is 14.3. The number of hydrogen-bond donors (Lipinski definition) is 1. The van der Waals surface area contributed by atoms with Gasteiger partial charge in [-0.1, -0.05) is 31.5 Å². The minimum absolute atomic E-state index is 0.135. The Labute approximate surface area is 117 Å². The Kier molecular flexibility index (Phi) is 5.76. The number of nitro groups is 1. The van der Waals surface area contributed by atoms with Crippen LogP contribution in [0, 0.1) is 10.1 Å². The minimum atomic E-state index is -0.440. The fourth-order valence-corrected chi connectivity index (χ4v) is 1.71. The van der Waals surface area contributed by atoms with Crippen LogP contribution in [0.25, 0.3) is 0 Å². The Morgan fingerprint density at radius 2 is 2.26 bits per heavy atom. The summed E-state index contributed by atoms with van der Waals surface area (Å²) in [6.45, 7) is 5.91. The van der Waals surface area contributed by atoms with Crippen molar-refractivity contribution in [2.24, 2.45) is 0 Å². The van der Waals surface area contributed by atoms with Gasteiger partial charge in [0, 0.05) is 18.2 Å². The third-order valence-electron chi connectivity index (χ3n) is 2.99. The van der Waals surface area contributed by atoms with Gasteiger partial charge in [-0.05, 0) is 25.0 Å². The van der Waals surface area contributed by atoms with E-state index in [1.54, 1.807) is 12.3 Å². The Morgan fingerprint density at radius 1 is 1.58 bits per heavy atom. The van der Waals surface area contributed by atoms with Gasteiger partial charge in [-0.3, -0.25) is 10.1 Å². The van der Waals surface area contributed by atoms with Crippen LogP contribution in [0.5, 0.6) is 0 Å². The number of halogens is 1. The quantitative estimate of drug-likeness (QED) is 0.494. The molecule has 0 aliphatic rings. The number of pyridine rings is 1. The zero-order valence-electron chi connectivity index (χ0n) is 11.3. The zero-order chi connectivity index (χ0) is 14.4.